The molecule has 43 heavy (non-hydrogen) atoms. The van der Waals surface area contributed by atoms with Gasteiger partial charge in [0, 0.05) is 46.9 Å². The van der Waals surface area contributed by atoms with E-state index in [0.717, 1.165) is 30.3 Å². The third-order valence-corrected chi connectivity index (χ3v) is 7.78. The van der Waals surface area contributed by atoms with Crippen LogP contribution in [0.1, 0.15) is 45.9 Å². The number of phenols is 9. The third kappa shape index (κ3) is 4.42. The minimum absolute atomic E-state index is 0.0248. The number of aromatic hydroxyl groups is 9. The van der Waals surface area contributed by atoms with Gasteiger partial charge in [0.1, 0.15) is 46.7 Å². The Morgan fingerprint density at radius 3 is 1.84 bits per heavy atom. The fraction of sp³-hybridized carbons (Fsp3) is 0.200. The molecule has 4 aromatic rings. The van der Waals surface area contributed by atoms with Crippen LogP contribution in [0.2, 0.25) is 0 Å². The summed E-state index contributed by atoms with van der Waals surface area (Å²) >= 11 is 0. The lowest BCUT2D eigenvalue weighted by atomic mass is 9.77. The predicted octanol–water partition coefficient (Wildman–Crippen LogP) is 2.70. The van der Waals surface area contributed by atoms with Gasteiger partial charge in [-0.15, -0.1) is 0 Å². The molecule has 0 saturated heterocycles. The summed E-state index contributed by atoms with van der Waals surface area (Å²) in [7, 11) is 0. The summed E-state index contributed by atoms with van der Waals surface area (Å²) in [6.07, 6.45) is -5.68. The lowest BCUT2D eigenvalue weighted by Gasteiger charge is -2.39. The Labute approximate surface area is 242 Å². The van der Waals surface area contributed by atoms with Crippen LogP contribution in [0.5, 0.6) is 63.2 Å². The van der Waals surface area contributed by atoms with Gasteiger partial charge >= 0.3 is 0 Å². The van der Waals surface area contributed by atoms with E-state index >= 15 is 0 Å². The van der Waals surface area contributed by atoms with E-state index < -0.39 is 76.3 Å². The van der Waals surface area contributed by atoms with Crippen LogP contribution in [-0.4, -0.2) is 68.4 Å². The number of fused-ring (bicyclic) bond motifs is 2. The second-order valence-corrected chi connectivity index (χ2v) is 10.5. The van der Waals surface area contributed by atoms with Gasteiger partial charge < -0.3 is 65.6 Å². The van der Waals surface area contributed by atoms with Crippen molar-refractivity contribution in [3.8, 4) is 63.2 Å². The number of hydrogen-bond donors (Lipinski definition) is 11. The summed E-state index contributed by atoms with van der Waals surface area (Å²) in [5.41, 5.74) is -0.0816. The Kier molecular flexibility index (Phi) is 6.36. The normalized spacial score (nSPS) is 22.6. The monoisotopic (exact) mass is 594 g/mol. The maximum atomic E-state index is 11.6. The number of phenolic OH excluding ortho intramolecular Hbond substituents is 9. The molecule has 0 saturated carbocycles. The first-order valence-corrected chi connectivity index (χ1v) is 12.9. The van der Waals surface area contributed by atoms with E-state index in [-0.39, 0.29) is 45.9 Å². The van der Waals surface area contributed by atoms with E-state index in [9.17, 15) is 56.2 Å². The number of ether oxygens (including phenoxy) is 2. The van der Waals surface area contributed by atoms with Crippen LogP contribution in [0.4, 0.5) is 0 Å². The van der Waals surface area contributed by atoms with Crippen molar-refractivity contribution in [2.75, 3.05) is 0 Å². The highest BCUT2D eigenvalue weighted by Crippen LogP contribution is 2.57. The van der Waals surface area contributed by atoms with Gasteiger partial charge in [-0.1, -0.05) is 6.07 Å². The fourth-order valence-electron chi connectivity index (χ4n) is 5.77. The lowest BCUT2D eigenvalue weighted by Crippen LogP contribution is -2.35. The molecular formula is C30H26O13. The van der Waals surface area contributed by atoms with Crippen molar-refractivity contribution < 1.29 is 65.6 Å². The molecule has 0 aliphatic carbocycles. The molecule has 0 radical (unpaired) electrons. The SMILES string of the molecule is Oc1cc(O)c2c(c1)O[C@H](c1cc(O)c(O)c(O)c1)[C@@H](O)[C@@H]2c1c(O)cc2c(c1O)C[C@H](O)[C@@H](c1ccc(O)c(O)c1)O2. The van der Waals surface area contributed by atoms with E-state index in [1.807, 2.05) is 0 Å². The molecule has 2 aliphatic heterocycles. The largest absolute Gasteiger partial charge is 0.508 e. The number of aliphatic hydroxyl groups excluding tert-OH is 2. The molecule has 13 nitrogen and oxygen atoms in total. The Balaban J connectivity index is 1.48. The van der Waals surface area contributed by atoms with Gasteiger partial charge in [-0.05, 0) is 29.8 Å². The van der Waals surface area contributed by atoms with E-state index in [4.69, 9.17) is 9.47 Å². The zero-order valence-corrected chi connectivity index (χ0v) is 21.9. The van der Waals surface area contributed by atoms with E-state index in [1.165, 1.54) is 18.2 Å². The van der Waals surface area contributed by atoms with Gasteiger partial charge in [-0.3, -0.25) is 0 Å². The molecule has 0 bridgehead atoms. The second kappa shape index (κ2) is 9.86. The van der Waals surface area contributed by atoms with Crippen LogP contribution in [-0.2, 0) is 6.42 Å². The standard InChI is InChI=1S/C30H26O13/c31-12-6-16(34)23-22(7-12)43-30(11-4-18(36)27(40)19(37)5-11)28(41)25(23)24-17(35)9-21-13(26(24)39)8-20(38)29(42-21)10-1-2-14(32)15(33)3-10/h1-7,9,20,25,28-41H,8H2/t20-,25-,28-,29+,30+/m0/s1. The highest BCUT2D eigenvalue weighted by molar-refractivity contribution is 5.65. The van der Waals surface area contributed by atoms with Crippen LogP contribution in [0, 0.1) is 0 Å². The predicted molar refractivity (Wildman–Crippen MR) is 145 cm³/mol. The molecule has 5 atom stereocenters. The maximum absolute atomic E-state index is 11.6. The van der Waals surface area contributed by atoms with Gasteiger partial charge in [0.15, 0.2) is 34.9 Å². The molecule has 224 valence electrons. The average Bonchev–Trinajstić information content (AvgIpc) is 2.94. The van der Waals surface area contributed by atoms with Crippen molar-refractivity contribution in [1.29, 1.82) is 0 Å². The van der Waals surface area contributed by atoms with E-state index in [2.05, 4.69) is 0 Å². The number of hydrogen-bond acceptors (Lipinski definition) is 13. The van der Waals surface area contributed by atoms with Crippen molar-refractivity contribution in [1.82, 2.24) is 0 Å². The second-order valence-electron chi connectivity index (χ2n) is 10.5. The maximum Gasteiger partial charge on any atom is 0.200 e. The van der Waals surface area contributed by atoms with Crippen molar-refractivity contribution in [3.05, 3.63) is 76.3 Å². The minimum Gasteiger partial charge on any atom is -0.508 e. The molecule has 2 aliphatic rings. The zero-order valence-electron chi connectivity index (χ0n) is 21.9. The summed E-state index contributed by atoms with van der Waals surface area (Å²) in [6.45, 7) is 0. The summed E-state index contributed by atoms with van der Waals surface area (Å²) in [5, 5.41) is 116. The van der Waals surface area contributed by atoms with Gasteiger partial charge in [0.2, 0.25) is 0 Å². The van der Waals surface area contributed by atoms with E-state index in [0.29, 0.717) is 5.56 Å². The first-order valence-electron chi connectivity index (χ1n) is 12.9. The lowest BCUT2D eigenvalue weighted by molar-refractivity contribution is 0.00564. The zero-order chi connectivity index (χ0) is 30.9. The molecule has 0 unspecified atom stereocenters. The van der Waals surface area contributed by atoms with Gasteiger partial charge in [-0.2, -0.15) is 0 Å². The van der Waals surface area contributed by atoms with Gasteiger partial charge in [0.05, 0.1) is 12.0 Å². The summed E-state index contributed by atoms with van der Waals surface area (Å²) < 4.78 is 11.7. The molecule has 0 amide bonds. The quantitative estimate of drug-likeness (QED) is 0.153. The van der Waals surface area contributed by atoms with E-state index in [1.54, 1.807) is 0 Å². The Hall–Kier alpha value is -5.40. The average molecular weight is 595 g/mol. The highest BCUT2D eigenvalue weighted by atomic mass is 16.5. The van der Waals surface area contributed by atoms with Crippen molar-refractivity contribution >= 4 is 0 Å². The number of aliphatic hydroxyl groups is 2. The van der Waals surface area contributed by atoms with Crippen LogP contribution >= 0.6 is 0 Å². The Bertz CT molecular complexity index is 1750. The topological polar surface area (TPSA) is 241 Å². The van der Waals surface area contributed by atoms with Crippen molar-refractivity contribution in [2.24, 2.45) is 0 Å². The molecule has 11 N–H and O–H groups in total. The van der Waals surface area contributed by atoms with Crippen LogP contribution in [0.15, 0.2) is 48.5 Å². The Morgan fingerprint density at radius 2 is 1.16 bits per heavy atom. The van der Waals surface area contributed by atoms with Crippen molar-refractivity contribution in [2.45, 2.75) is 36.8 Å². The number of benzene rings is 4. The van der Waals surface area contributed by atoms with Crippen LogP contribution < -0.4 is 9.47 Å². The van der Waals surface area contributed by atoms with Crippen LogP contribution in [0.3, 0.4) is 0 Å². The molecule has 0 fully saturated rings. The molecule has 2 heterocycles. The van der Waals surface area contributed by atoms with Crippen molar-refractivity contribution in [3.63, 3.8) is 0 Å². The first-order chi connectivity index (χ1) is 20.3. The fourth-order valence-corrected chi connectivity index (χ4v) is 5.77. The van der Waals surface area contributed by atoms with Gasteiger partial charge in [-0.25, -0.2) is 0 Å². The smallest absolute Gasteiger partial charge is 0.200 e. The summed E-state index contributed by atoms with van der Waals surface area (Å²) in [4.78, 5) is 0. The van der Waals surface area contributed by atoms with Gasteiger partial charge in [0.25, 0.3) is 0 Å². The molecule has 13 heteroatoms. The molecule has 0 spiro atoms. The molecule has 0 aromatic heterocycles. The molecular weight excluding hydrogens is 568 g/mol. The summed E-state index contributed by atoms with van der Waals surface area (Å²) in [6, 6.07) is 9.12. The minimum atomic E-state index is -1.72. The third-order valence-electron chi connectivity index (χ3n) is 7.78. The van der Waals surface area contributed by atoms with Crippen LogP contribution in [0.25, 0.3) is 0 Å². The Morgan fingerprint density at radius 1 is 0.535 bits per heavy atom. The first kappa shape index (κ1) is 27.8. The summed E-state index contributed by atoms with van der Waals surface area (Å²) in [5.74, 6) is -6.85. The highest BCUT2D eigenvalue weighted by Gasteiger charge is 2.45. The molecule has 4 aromatic carbocycles. The molecule has 6 rings (SSSR count). The number of rotatable bonds is 3.